The van der Waals surface area contributed by atoms with Crippen LogP contribution in [0.5, 0.6) is 0 Å². The zero-order chi connectivity index (χ0) is 15.4. The molecular formula is C5H16FeN2Na2O9S2. The van der Waals surface area contributed by atoms with E-state index < -0.39 is 28.6 Å². The van der Waals surface area contributed by atoms with Crippen molar-refractivity contribution in [3.05, 3.63) is 0 Å². The molecule has 0 spiro atoms. The van der Waals surface area contributed by atoms with E-state index in [1.165, 1.54) is 0 Å². The van der Waals surface area contributed by atoms with Gasteiger partial charge in [-0.3, -0.25) is 18.1 Å². The summed E-state index contributed by atoms with van der Waals surface area (Å²) in [6, 6.07) is -0.813. The predicted octanol–water partition coefficient (Wildman–Crippen LogP) is -2.93. The third-order valence-electron chi connectivity index (χ3n) is 0.986. The van der Waals surface area contributed by atoms with Crippen molar-refractivity contribution in [3.63, 3.8) is 0 Å². The Hall–Kier alpha value is 1.72. The fraction of sp³-hybridized carbons (Fsp3) is 0.600. The Morgan fingerprint density at radius 2 is 1.52 bits per heavy atom. The van der Waals surface area contributed by atoms with Gasteiger partial charge in [-0.25, -0.2) is 0 Å². The first-order valence-corrected chi connectivity index (χ1v) is 5.86. The van der Waals surface area contributed by atoms with E-state index in [0.29, 0.717) is 0 Å². The van der Waals surface area contributed by atoms with E-state index in [9.17, 15) is 4.79 Å². The maximum absolute atomic E-state index is 10.1. The molecule has 0 aliphatic carbocycles. The minimum atomic E-state index is -4.67. The molecule has 0 fully saturated rings. The quantitative estimate of drug-likeness (QED) is 0.116. The second-order valence-electron chi connectivity index (χ2n) is 2.34. The van der Waals surface area contributed by atoms with Gasteiger partial charge in [0.2, 0.25) is 0 Å². The van der Waals surface area contributed by atoms with Crippen LogP contribution in [-0.2, 0) is 41.2 Å². The van der Waals surface area contributed by atoms with Crippen molar-refractivity contribution in [3.8, 4) is 0 Å². The van der Waals surface area contributed by atoms with Crippen molar-refractivity contribution < 1.29 is 58.0 Å². The van der Waals surface area contributed by atoms with Crippen molar-refractivity contribution in [2.45, 2.75) is 18.7 Å². The van der Waals surface area contributed by atoms with Crippen LogP contribution >= 0.6 is 12.3 Å². The molecule has 122 valence electrons. The number of carboxylic acid groups (broad SMARTS) is 1. The maximum atomic E-state index is 10.1. The van der Waals surface area contributed by atoms with Crippen LogP contribution in [0.4, 0.5) is 0 Å². The minimum absolute atomic E-state index is 0. The molecule has 16 heteroatoms. The number of hydrogen-bond donors (Lipinski definition) is 6. The Morgan fingerprint density at radius 3 is 1.71 bits per heavy atom. The summed E-state index contributed by atoms with van der Waals surface area (Å²) < 4.78 is 44.1. The van der Waals surface area contributed by atoms with Crippen LogP contribution < -0.4 is 11.5 Å². The van der Waals surface area contributed by atoms with E-state index in [1.54, 1.807) is 0 Å². The first-order valence-electron chi connectivity index (χ1n) is 3.76. The number of carboxylic acids is 1. The number of rotatable bonds is 5. The van der Waals surface area contributed by atoms with E-state index in [4.69, 9.17) is 43.4 Å². The van der Waals surface area contributed by atoms with Gasteiger partial charge in [-0.1, -0.05) is 0 Å². The zero-order valence-corrected chi connectivity index (χ0v) is 12.0. The first-order chi connectivity index (χ1) is 8.07. The Kier molecular flexibility index (Phi) is 43.8. The Labute approximate surface area is 181 Å². The van der Waals surface area contributed by atoms with Crippen LogP contribution in [0.15, 0.2) is 0 Å². The Balaban J connectivity index is -0.0000000488. The Bertz CT molecular complexity index is 315. The number of carbonyl (C=O) groups excluding carboxylic acids is 1. The summed E-state index contributed by atoms with van der Waals surface area (Å²) >= 11 is 0.0672. The van der Waals surface area contributed by atoms with Gasteiger partial charge in [-0.2, -0.15) is 8.42 Å². The van der Waals surface area contributed by atoms with Crippen molar-refractivity contribution in [1.29, 1.82) is 0 Å². The molecule has 0 saturated heterocycles. The summed E-state index contributed by atoms with van der Waals surface area (Å²) in [5, 5.41) is 8.24. The molecule has 0 aliphatic rings. The molecule has 0 bridgehead atoms. The van der Waals surface area contributed by atoms with E-state index in [-0.39, 0.29) is 94.9 Å². The molecule has 2 unspecified atom stereocenters. The molecule has 8 N–H and O–H groups in total. The third kappa shape index (κ3) is 52.2. The molecule has 0 saturated carbocycles. The van der Waals surface area contributed by atoms with E-state index >= 15 is 0 Å². The van der Waals surface area contributed by atoms with Gasteiger partial charge in [0.25, 0.3) is 0 Å². The monoisotopic (exact) mass is 414 g/mol. The summed E-state index contributed by atoms with van der Waals surface area (Å²) in [5.74, 6) is -1.06. The fourth-order valence-electron chi connectivity index (χ4n) is 0.439. The molecule has 0 aromatic carbocycles. The van der Waals surface area contributed by atoms with E-state index in [2.05, 4.69) is 4.18 Å². The zero-order valence-electron chi connectivity index (χ0n) is 9.22. The molecule has 0 heterocycles. The molecule has 0 aromatic heterocycles. The van der Waals surface area contributed by atoms with Gasteiger partial charge in [-0.05, 0) is 0 Å². The molecule has 0 radical (unpaired) electrons. The third-order valence-corrected chi connectivity index (χ3v) is 1.29. The average Bonchev–Trinajstić information content (AvgIpc) is 2.17. The standard InChI is InChI=1S/C4H10N2O4S.CH2O.Fe.2Na.H2O4S.2H/c5-2(1-3(7)8)4(6)10-11-9;1-2;;;;1-5(2,3)4;;/h2,4,9H,1,5-6H2,(H,7,8);1H2;;;;(H2,1,2,3,4);;. The topological polar surface area (TPSA) is 210 Å². The van der Waals surface area contributed by atoms with Crippen LogP contribution in [0.2, 0.25) is 0 Å². The summed E-state index contributed by atoms with van der Waals surface area (Å²) in [7, 11) is -4.67. The SMILES string of the molecule is C=O.NC(CC(=O)O)C(N)OSO.O=S(=O)(O)O.[Fe].[NaH].[NaH]. The van der Waals surface area contributed by atoms with Crippen molar-refractivity contribution in [1.82, 2.24) is 0 Å². The van der Waals surface area contributed by atoms with Crippen molar-refractivity contribution >= 4 is 94.6 Å². The van der Waals surface area contributed by atoms with Gasteiger partial charge in [0.15, 0.2) is 12.3 Å². The van der Waals surface area contributed by atoms with Crippen molar-refractivity contribution in [2.75, 3.05) is 0 Å². The van der Waals surface area contributed by atoms with Gasteiger partial charge < -0.3 is 25.9 Å². The normalized spacial score (nSPS) is 11.3. The van der Waals surface area contributed by atoms with E-state index in [1.807, 2.05) is 6.79 Å². The van der Waals surface area contributed by atoms with Gasteiger partial charge in [0.1, 0.15) is 13.0 Å². The molecule has 11 nitrogen and oxygen atoms in total. The molecular weight excluding hydrogens is 398 g/mol. The second-order valence-corrected chi connectivity index (χ2v) is 3.58. The van der Waals surface area contributed by atoms with Gasteiger partial charge in [-0.15, -0.1) is 0 Å². The number of aliphatic carboxylic acids is 1. The second kappa shape index (κ2) is 24.0. The van der Waals surface area contributed by atoms with Crippen LogP contribution in [0, 0.1) is 0 Å². The fourth-order valence-corrected chi connectivity index (χ4v) is 0.681. The summed E-state index contributed by atoms with van der Waals surface area (Å²) in [5.41, 5.74) is 10.4. The molecule has 0 aromatic rings. The van der Waals surface area contributed by atoms with Gasteiger partial charge >= 0.3 is 75.5 Å². The van der Waals surface area contributed by atoms with E-state index in [0.717, 1.165) is 0 Å². The average molecular weight is 414 g/mol. The first kappa shape index (κ1) is 38.3. The van der Waals surface area contributed by atoms with Crippen LogP contribution in [-0.4, -0.2) is 111 Å². The van der Waals surface area contributed by atoms with Gasteiger partial charge in [0, 0.05) is 17.1 Å². The Morgan fingerprint density at radius 1 is 1.24 bits per heavy atom. The summed E-state index contributed by atoms with van der Waals surface area (Å²) in [4.78, 5) is 18.1. The number of carbonyl (C=O) groups is 2. The molecule has 0 amide bonds. The molecule has 21 heavy (non-hydrogen) atoms. The van der Waals surface area contributed by atoms with Crippen molar-refractivity contribution in [2.24, 2.45) is 11.5 Å². The number of hydrogen-bond acceptors (Lipinski definition) is 9. The predicted molar refractivity (Wildman–Crippen MR) is 75.1 cm³/mol. The summed E-state index contributed by atoms with van der Waals surface area (Å²) in [6.45, 7) is 2.00. The number of nitrogens with two attached hydrogens (primary N) is 2. The molecule has 2 atom stereocenters. The van der Waals surface area contributed by atoms with Crippen LogP contribution in [0.1, 0.15) is 6.42 Å². The molecule has 0 rings (SSSR count). The van der Waals surface area contributed by atoms with Crippen LogP contribution in [0.3, 0.4) is 0 Å². The van der Waals surface area contributed by atoms with Gasteiger partial charge in [0.05, 0.1) is 12.5 Å². The van der Waals surface area contributed by atoms with Crippen LogP contribution in [0.25, 0.3) is 0 Å². The molecule has 0 aliphatic heterocycles. The summed E-state index contributed by atoms with van der Waals surface area (Å²) in [6.07, 6.45) is -1.26.